The fourth-order valence-corrected chi connectivity index (χ4v) is 2.57. The Bertz CT molecular complexity index is 383. The summed E-state index contributed by atoms with van der Waals surface area (Å²) < 4.78 is 27.4. The molecule has 6 heteroatoms. The van der Waals surface area contributed by atoms with Gasteiger partial charge in [-0.1, -0.05) is 12.1 Å². The van der Waals surface area contributed by atoms with E-state index in [1.807, 2.05) is 24.3 Å². The molecule has 0 heterocycles. The third-order valence-electron chi connectivity index (χ3n) is 2.56. The van der Waals surface area contributed by atoms with E-state index in [9.17, 15) is 4.21 Å². The predicted molar refractivity (Wildman–Crippen MR) is 80.8 cm³/mol. The van der Waals surface area contributed by atoms with Gasteiger partial charge in [0.05, 0.1) is 49.6 Å². The Morgan fingerprint density at radius 3 is 2.20 bits per heavy atom. The lowest BCUT2D eigenvalue weighted by Crippen LogP contribution is -2.12. The summed E-state index contributed by atoms with van der Waals surface area (Å²) in [6.07, 6.45) is 0. The zero-order chi connectivity index (χ0) is 14.6. The third-order valence-corrected chi connectivity index (χ3v) is 4.20. The van der Waals surface area contributed by atoms with Gasteiger partial charge < -0.3 is 14.2 Å². The van der Waals surface area contributed by atoms with Gasteiger partial charge in [-0.05, 0) is 17.7 Å². The lowest BCUT2D eigenvalue weighted by atomic mass is 10.2. The SMILES string of the molecule is COCCOCCOCCS(=O)c1ccc(CCl)cc1. The van der Waals surface area contributed by atoms with E-state index in [1.165, 1.54) is 0 Å². The van der Waals surface area contributed by atoms with Gasteiger partial charge in [0.2, 0.25) is 0 Å². The maximum absolute atomic E-state index is 12.0. The summed E-state index contributed by atoms with van der Waals surface area (Å²) in [6.45, 7) is 2.64. The minimum atomic E-state index is -1.03. The molecule has 114 valence electrons. The molecule has 0 fully saturated rings. The summed E-state index contributed by atoms with van der Waals surface area (Å²) in [5.74, 6) is 0.956. The first-order valence-corrected chi connectivity index (χ1v) is 8.31. The molecular formula is C14H21ClO4S. The highest BCUT2D eigenvalue weighted by molar-refractivity contribution is 7.85. The van der Waals surface area contributed by atoms with Crippen LogP contribution in [0.1, 0.15) is 5.56 Å². The summed E-state index contributed by atoms with van der Waals surface area (Å²) in [7, 11) is 0.601. The van der Waals surface area contributed by atoms with Gasteiger partial charge in [0.25, 0.3) is 0 Å². The summed E-state index contributed by atoms with van der Waals surface area (Å²) in [6, 6.07) is 7.48. The Hall–Kier alpha value is -0.460. The Morgan fingerprint density at radius 1 is 1.00 bits per heavy atom. The highest BCUT2D eigenvalue weighted by atomic mass is 35.5. The van der Waals surface area contributed by atoms with E-state index in [-0.39, 0.29) is 0 Å². The molecule has 4 nitrogen and oxygen atoms in total. The summed E-state index contributed by atoms with van der Waals surface area (Å²) in [5, 5.41) is 0. The number of halogens is 1. The number of hydrogen-bond donors (Lipinski definition) is 0. The molecule has 0 aliphatic carbocycles. The van der Waals surface area contributed by atoms with Crippen LogP contribution in [-0.4, -0.2) is 50.1 Å². The molecule has 1 rings (SSSR count). The topological polar surface area (TPSA) is 44.8 Å². The standard InChI is InChI=1S/C14H21ClO4S/c1-17-6-7-18-8-9-19-10-11-20(16)14-4-2-13(12-15)3-5-14/h2-5H,6-12H2,1H3. The molecule has 1 atom stereocenters. The van der Waals surface area contributed by atoms with Crippen molar-refractivity contribution in [1.29, 1.82) is 0 Å². The monoisotopic (exact) mass is 320 g/mol. The maximum Gasteiger partial charge on any atom is 0.0701 e. The largest absolute Gasteiger partial charge is 0.382 e. The number of hydrogen-bond acceptors (Lipinski definition) is 4. The molecule has 0 amide bonds. The van der Waals surface area contributed by atoms with Gasteiger partial charge in [0, 0.05) is 17.9 Å². The molecule has 0 aliphatic rings. The molecule has 0 saturated heterocycles. The van der Waals surface area contributed by atoms with E-state index in [2.05, 4.69) is 0 Å². The molecule has 1 aromatic rings. The van der Waals surface area contributed by atoms with Gasteiger partial charge in [-0.15, -0.1) is 11.6 Å². The lowest BCUT2D eigenvalue weighted by Gasteiger charge is -2.06. The number of alkyl halides is 1. The Balaban J connectivity index is 2.10. The van der Waals surface area contributed by atoms with Crippen LogP contribution in [0.4, 0.5) is 0 Å². The molecule has 0 saturated carbocycles. The molecule has 0 spiro atoms. The molecule has 1 unspecified atom stereocenters. The van der Waals surface area contributed by atoms with Gasteiger partial charge in [-0.3, -0.25) is 4.21 Å². The van der Waals surface area contributed by atoms with E-state index in [0.717, 1.165) is 10.5 Å². The second-order valence-electron chi connectivity index (χ2n) is 4.04. The maximum atomic E-state index is 12.0. The van der Waals surface area contributed by atoms with Crippen LogP contribution in [0, 0.1) is 0 Å². The van der Waals surface area contributed by atoms with E-state index in [0.29, 0.717) is 44.7 Å². The number of methoxy groups -OCH3 is 1. The zero-order valence-electron chi connectivity index (χ0n) is 11.7. The van der Waals surface area contributed by atoms with Crippen LogP contribution in [0.25, 0.3) is 0 Å². The van der Waals surface area contributed by atoms with Crippen LogP contribution in [0.3, 0.4) is 0 Å². The fraction of sp³-hybridized carbons (Fsp3) is 0.571. The average Bonchev–Trinajstić information content (AvgIpc) is 2.50. The lowest BCUT2D eigenvalue weighted by molar-refractivity contribution is 0.0285. The molecule has 0 radical (unpaired) electrons. The summed E-state index contributed by atoms with van der Waals surface area (Å²) >= 11 is 5.71. The van der Waals surface area contributed by atoms with Crippen molar-refractivity contribution in [3.05, 3.63) is 29.8 Å². The van der Waals surface area contributed by atoms with E-state index < -0.39 is 10.8 Å². The molecule has 0 aromatic heterocycles. The minimum absolute atomic E-state index is 0.456. The van der Waals surface area contributed by atoms with E-state index >= 15 is 0 Å². The number of benzene rings is 1. The number of ether oxygens (including phenoxy) is 3. The first-order valence-electron chi connectivity index (χ1n) is 6.45. The van der Waals surface area contributed by atoms with Crippen molar-refractivity contribution in [2.75, 3.05) is 45.9 Å². The molecule has 20 heavy (non-hydrogen) atoms. The highest BCUT2D eigenvalue weighted by Crippen LogP contribution is 2.10. The van der Waals surface area contributed by atoms with E-state index in [4.69, 9.17) is 25.8 Å². The first-order chi connectivity index (χ1) is 9.77. The Morgan fingerprint density at radius 2 is 1.60 bits per heavy atom. The highest BCUT2D eigenvalue weighted by Gasteiger charge is 2.03. The van der Waals surface area contributed by atoms with Crippen molar-refractivity contribution in [1.82, 2.24) is 0 Å². The van der Waals surface area contributed by atoms with Crippen molar-refractivity contribution < 1.29 is 18.4 Å². The van der Waals surface area contributed by atoms with Crippen molar-refractivity contribution >= 4 is 22.4 Å². The summed E-state index contributed by atoms with van der Waals surface area (Å²) in [4.78, 5) is 0.804. The van der Waals surface area contributed by atoms with Crippen molar-refractivity contribution in [2.24, 2.45) is 0 Å². The van der Waals surface area contributed by atoms with Crippen molar-refractivity contribution in [3.63, 3.8) is 0 Å². The van der Waals surface area contributed by atoms with Crippen LogP contribution in [0.2, 0.25) is 0 Å². The van der Waals surface area contributed by atoms with Gasteiger partial charge in [0.15, 0.2) is 0 Å². The smallest absolute Gasteiger partial charge is 0.0701 e. The predicted octanol–water partition coefficient (Wildman–Crippen LogP) is 2.21. The molecule has 0 aliphatic heterocycles. The second-order valence-corrected chi connectivity index (χ2v) is 5.88. The Labute approximate surface area is 127 Å². The summed E-state index contributed by atoms with van der Waals surface area (Å²) in [5.41, 5.74) is 1.02. The van der Waals surface area contributed by atoms with Crippen LogP contribution in [0.5, 0.6) is 0 Å². The van der Waals surface area contributed by atoms with Gasteiger partial charge >= 0.3 is 0 Å². The molecule has 0 N–H and O–H groups in total. The van der Waals surface area contributed by atoms with Gasteiger partial charge in [0.1, 0.15) is 0 Å². The van der Waals surface area contributed by atoms with E-state index in [1.54, 1.807) is 7.11 Å². The first kappa shape index (κ1) is 17.6. The van der Waals surface area contributed by atoms with Gasteiger partial charge in [-0.25, -0.2) is 0 Å². The fourth-order valence-electron chi connectivity index (χ4n) is 1.45. The minimum Gasteiger partial charge on any atom is -0.382 e. The van der Waals surface area contributed by atoms with Gasteiger partial charge in [-0.2, -0.15) is 0 Å². The second kappa shape index (κ2) is 11.2. The zero-order valence-corrected chi connectivity index (χ0v) is 13.3. The molecule has 0 bridgehead atoms. The van der Waals surface area contributed by atoms with Crippen LogP contribution < -0.4 is 0 Å². The van der Waals surface area contributed by atoms with Crippen LogP contribution in [0.15, 0.2) is 29.2 Å². The van der Waals surface area contributed by atoms with Crippen molar-refractivity contribution in [2.45, 2.75) is 10.8 Å². The van der Waals surface area contributed by atoms with Crippen molar-refractivity contribution in [3.8, 4) is 0 Å². The number of rotatable bonds is 11. The molecular weight excluding hydrogens is 300 g/mol. The quantitative estimate of drug-likeness (QED) is 0.463. The normalized spacial score (nSPS) is 12.5. The van der Waals surface area contributed by atoms with Crippen LogP contribution in [-0.2, 0) is 30.9 Å². The Kier molecular flexibility index (Phi) is 9.87. The van der Waals surface area contributed by atoms with Crippen LogP contribution >= 0.6 is 11.6 Å². The average molecular weight is 321 g/mol. The molecule has 1 aromatic carbocycles. The third kappa shape index (κ3) is 7.36.